The molecule has 12 heavy (non-hydrogen) atoms. The minimum Gasteiger partial charge on any atom is -0.283 e. The molecule has 1 rings (SSSR count). The molecule has 0 saturated carbocycles. The molecule has 0 atom stereocenters. The van der Waals surface area contributed by atoms with E-state index in [0.29, 0.717) is 13.1 Å². The zero-order valence-electron chi connectivity index (χ0n) is 7.11. The summed E-state index contributed by atoms with van der Waals surface area (Å²) in [4.78, 5) is 4.75. The predicted octanol–water partition coefficient (Wildman–Crippen LogP) is 1.96. The Morgan fingerprint density at radius 1 is 1.17 bits per heavy atom. The lowest BCUT2D eigenvalue weighted by Gasteiger charge is -2.38. The van der Waals surface area contributed by atoms with Crippen LogP contribution in [0.25, 0.3) is 0 Å². The molecule has 72 valence electrons. The van der Waals surface area contributed by atoms with Gasteiger partial charge in [-0.05, 0) is 20.3 Å². The van der Waals surface area contributed by atoms with E-state index in [9.17, 15) is 13.2 Å². The van der Waals surface area contributed by atoms with Crippen LogP contribution in [0.1, 0.15) is 20.3 Å². The Kier molecular flexibility index (Phi) is 2.35. The normalized spacial score (nSPS) is 20.8. The van der Waals surface area contributed by atoms with Crippen molar-refractivity contribution in [3.63, 3.8) is 0 Å². The van der Waals surface area contributed by atoms with Crippen molar-refractivity contribution in [3.8, 4) is 0 Å². The van der Waals surface area contributed by atoms with Gasteiger partial charge in [0.25, 0.3) is 0 Å². The van der Waals surface area contributed by atoms with Crippen LogP contribution in [-0.4, -0.2) is 29.9 Å². The Labute approximate surface area is 69.2 Å². The van der Waals surface area contributed by atoms with Crippen LogP contribution < -0.4 is 0 Å². The van der Waals surface area contributed by atoms with Gasteiger partial charge in [0.15, 0.2) is 5.60 Å². The quantitative estimate of drug-likeness (QED) is 0.648. The molecule has 0 aromatic heterocycles. The summed E-state index contributed by atoms with van der Waals surface area (Å²) in [5, 5.41) is 1.34. The standard InChI is InChI=1S/C7H12F3NO/c1-6(2,7(8,9)10)12-11-4-3-5-11/h3-5H2,1-2H3. The lowest BCUT2D eigenvalue weighted by atomic mass is 10.1. The molecule has 0 aromatic carbocycles. The van der Waals surface area contributed by atoms with Crippen molar-refractivity contribution < 1.29 is 18.0 Å². The van der Waals surface area contributed by atoms with Crippen LogP contribution in [0.3, 0.4) is 0 Å². The zero-order chi connectivity index (χ0) is 9.41. The summed E-state index contributed by atoms with van der Waals surface area (Å²) in [5.41, 5.74) is -2.06. The van der Waals surface area contributed by atoms with E-state index in [1.54, 1.807) is 0 Å². The average molecular weight is 183 g/mol. The first-order valence-electron chi connectivity index (χ1n) is 3.84. The smallest absolute Gasteiger partial charge is 0.283 e. The Balaban J connectivity index is 2.46. The lowest BCUT2D eigenvalue weighted by molar-refractivity contribution is -0.353. The molecule has 0 aliphatic carbocycles. The first kappa shape index (κ1) is 9.80. The molecule has 0 aromatic rings. The topological polar surface area (TPSA) is 12.5 Å². The van der Waals surface area contributed by atoms with E-state index in [-0.39, 0.29) is 0 Å². The molecular weight excluding hydrogens is 171 g/mol. The fourth-order valence-electron chi connectivity index (χ4n) is 0.753. The van der Waals surface area contributed by atoms with E-state index in [1.165, 1.54) is 5.06 Å². The number of nitrogens with zero attached hydrogens (tertiary/aromatic N) is 1. The largest absolute Gasteiger partial charge is 0.418 e. The summed E-state index contributed by atoms with van der Waals surface area (Å²) < 4.78 is 36.6. The molecule has 0 bridgehead atoms. The van der Waals surface area contributed by atoms with Crippen LogP contribution in [-0.2, 0) is 4.84 Å². The molecule has 1 aliphatic rings. The van der Waals surface area contributed by atoms with Crippen LogP contribution >= 0.6 is 0 Å². The van der Waals surface area contributed by atoms with E-state index in [1.807, 2.05) is 0 Å². The summed E-state index contributed by atoms with van der Waals surface area (Å²) in [5.74, 6) is 0. The van der Waals surface area contributed by atoms with Gasteiger partial charge in [0.05, 0.1) is 0 Å². The molecule has 1 aliphatic heterocycles. The minimum atomic E-state index is -4.30. The number of alkyl halides is 3. The van der Waals surface area contributed by atoms with Gasteiger partial charge in [-0.15, -0.1) is 0 Å². The van der Waals surface area contributed by atoms with Gasteiger partial charge >= 0.3 is 6.18 Å². The number of hydroxylamine groups is 2. The molecule has 0 spiro atoms. The van der Waals surface area contributed by atoms with Crippen LogP contribution in [0.5, 0.6) is 0 Å². The highest BCUT2D eigenvalue weighted by molar-refractivity contribution is 4.78. The summed E-state index contributed by atoms with van der Waals surface area (Å²) in [7, 11) is 0. The Morgan fingerprint density at radius 3 is 1.92 bits per heavy atom. The molecule has 1 saturated heterocycles. The van der Waals surface area contributed by atoms with Gasteiger partial charge in [-0.3, -0.25) is 4.84 Å². The van der Waals surface area contributed by atoms with E-state index in [0.717, 1.165) is 20.3 Å². The van der Waals surface area contributed by atoms with Gasteiger partial charge in [0.1, 0.15) is 0 Å². The Bertz CT molecular complexity index is 163. The fourth-order valence-corrected chi connectivity index (χ4v) is 0.753. The number of rotatable bonds is 2. The number of halogens is 3. The second kappa shape index (κ2) is 2.88. The van der Waals surface area contributed by atoms with Crippen molar-refractivity contribution in [1.82, 2.24) is 5.06 Å². The monoisotopic (exact) mass is 183 g/mol. The zero-order valence-corrected chi connectivity index (χ0v) is 7.11. The van der Waals surface area contributed by atoms with Crippen molar-refractivity contribution in [2.24, 2.45) is 0 Å². The SMILES string of the molecule is CC(C)(ON1CCC1)C(F)(F)F. The van der Waals surface area contributed by atoms with E-state index >= 15 is 0 Å². The van der Waals surface area contributed by atoms with Crippen molar-refractivity contribution >= 4 is 0 Å². The van der Waals surface area contributed by atoms with Gasteiger partial charge in [0.2, 0.25) is 0 Å². The van der Waals surface area contributed by atoms with Gasteiger partial charge in [-0.2, -0.15) is 18.2 Å². The molecule has 0 radical (unpaired) electrons. The highest BCUT2D eigenvalue weighted by Gasteiger charge is 2.50. The maximum absolute atomic E-state index is 12.2. The average Bonchev–Trinajstić information content (AvgIpc) is 1.76. The first-order valence-corrected chi connectivity index (χ1v) is 3.84. The molecular formula is C7H12F3NO. The first-order chi connectivity index (χ1) is 5.33. The van der Waals surface area contributed by atoms with Crippen molar-refractivity contribution in [1.29, 1.82) is 0 Å². The number of hydrogen-bond acceptors (Lipinski definition) is 2. The molecule has 0 N–H and O–H groups in total. The van der Waals surface area contributed by atoms with Gasteiger partial charge in [0, 0.05) is 13.1 Å². The van der Waals surface area contributed by atoms with Crippen molar-refractivity contribution in [3.05, 3.63) is 0 Å². The van der Waals surface area contributed by atoms with Crippen molar-refractivity contribution in [2.45, 2.75) is 32.0 Å². The van der Waals surface area contributed by atoms with E-state index in [2.05, 4.69) is 0 Å². The summed E-state index contributed by atoms with van der Waals surface area (Å²) in [6.07, 6.45) is -3.39. The molecule has 1 heterocycles. The minimum absolute atomic E-state index is 0.597. The third-order valence-corrected chi connectivity index (χ3v) is 1.86. The summed E-state index contributed by atoms with van der Waals surface area (Å²) in [6, 6.07) is 0. The molecule has 2 nitrogen and oxygen atoms in total. The maximum Gasteiger partial charge on any atom is 0.418 e. The van der Waals surface area contributed by atoms with Gasteiger partial charge in [-0.1, -0.05) is 0 Å². The van der Waals surface area contributed by atoms with E-state index < -0.39 is 11.8 Å². The molecule has 1 fully saturated rings. The third-order valence-electron chi connectivity index (χ3n) is 1.86. The highest BCUT2D eigenvalue weighted by Crippen LogP contribution is 2.34. The maximum atomic E-state index is 12.2. The predicted molar refractivity (Wildman–Crippen MR) is 37.4 cm³/mol. The second-order valence-corrected chi connectivity index (χ2v) is 3.38. The van der Waals surface area contributed by atoms with Crippen LogP contribution in [0.15, 0.2) is 0 Å². The van der Waals surface area contributed by atoms with Gasteiger partial charge < -0.3 is 0 Å². The van der Waals surface area contributed by atoms with Crippen LogP contribution in [0.2, 0.25) is 0 Å². The summed E-state index contributed by atoms with van der Waals surface area (Å²) >= 11 is 0. The molecule has 0 amide bonds. The third kappa shape index (κ3) is 1.90. The molecule has 0 unspecified atom stereocenters. The fraction of sp³-hybridized carbons (Fsp3) is 1.00. The Morgan fingerprint density at radius 2 is 1.67 bits per heavy atom. The van der Waals surface area contributed by atoms with E-state index in [4.69, 9.17) is 4.84 Å². The summed E-state index contributed by atoms with van der Waals surface area (Å²) in [6.45, 7) is 3.26. The lowest BCUT2D eigenvalue weighted by Crippen LogP contribution is -2.50. The second-order valence-electron chi connectivity index (χ2n) is 3.38. The molecule has 5 heteroatoms. The highest BCUT2D eigenvalue weighted by atomic mass is 19.4. The van der Waals surface area contributed by atoms with Crippen LogP contribution in [0.4, 0.5) is 13.2 Å². The Hall–Kier alpha value is -0.290. The van der Waals surface area contributed by atoms with Crippen LogP contribution in [0, 0.1) is 0 Å². The van der Waals surface area contributed by atoms with Crippen molar-refractivity contribution in [2.75, 3.05) is 13.1 Å². The number of hydrogen-bond donors (Lipinski definition) is 0. The van der Waals surface area contributed by atoms with Gasteiger partial charge in [-0.25, -0.2) is 0 Å².